The van der Waals surface area contributed by atoms with Crippen LogP contribution in [0.4, 0.5) is 0 Å². The maximum absolute atomic E-state index is 12.1. The Labute approximate surface area is 110 Å². The highest BCUT2D eigenvalue weighted by molar-refractivity contribution is 6.35. The fraction of sp³-hybridized carbons (Fsp3) is 0.417. The highest BCUT2D eigenvalue weighted by Crippen LogP contribution is 2.24. The quantitative estimate of drug-likeness (QED) is 0.855. The van der Waals surface area contributed by atoms with Crippen molar-refractivity contribution < 1.29 is 9.90 Å². The van der Waals surface area contributed by atoms with Gasteiger partial charge in [-0.25, -0.2) is 0 Å². The summed E-state index contributed by atoms with van der Waals surface area (Å²) in [4.78, 5) is 13.7. The zero-order chi connectivity index (χ0) is 12.6. The summed E-state index contributed by atoms with van der Waals surface area (Å²) >= 11 is 11.7. The number of likely N-dealkylation sites (tertiary alicyclic amines) is 1. The van der Waals surface area contributed by atoms with E-state index in [1.807, 2.05) is 0 Å². The van der Waals surface area contributed by atoms with Crippen LogP contribution in [-0.4, -0.2) is 34.6 Å². The molecule has 1 saturated heterocycles. The zero-order valence-electron chi connectivity index (χ0n) is 9.41. The first kappa shape index (κ1) is 12.7. The van der Waals surface area contributed by atoms with Crippen LogP contribution >= 0.6 is 23.2 Å². The minimum atomic E-state index is -0.794. The highest BCUT2D eigenvalue weighted by Gasteiger charge is 2.34. The summed E-state index contributed by atoms with van der Waals surface area (Å²) in [7, 11) is 0. The molecule has 0 spiro atoms. The van der Waals surface area contributed by atoms with Crippen LogP contribution in [0.1, 0.15) is 23.7 Å². The van der Waals surface area contributed by atoms with E-state index in [1.54, 1.807) is 30.0 Å². The van der Waals surface area contributed by atoms with Crippen molar-refractivity contribution in [1.29, 1.82) is 0 Å². The lowest BCUT2D eigenvalue weighted by Crippen LogP contribution is -2.33. The third-order valence-electron chi connectivity index (χ3n) is 2.85. The number of β-amino-alcohol motifs (C(OH)–C–C–N with tert-alkyl or cyclic N) is 1. The Morgan fingerprint density at radius 1 is 1.35 bits per heavy atom. The van der Waals surface area contributed by atoms with Crippen LogP contribution < -0.4 is 0 Å². The van der Waals surface area contributed by atoms with Crippen LogP contribution in [0, 0.1) is 0 Å². The van der Waals surface area contributed by atoms with E-state index in [4.69, 9.17) is 23.2 Å². The van der Waals surface area contributed by atoms with Crippen molar-refractivity contribution in [3.05, 3.63) is 33.8 Å². The Balaban J connectivity index is 2.20. The summed E-state index contributed by atoms with van der Waals surface area (Å²) in [5, 5.41) is 10.7. The van der Waals surface area contributed by atoms with Gasteiger partial charge in [0.2, 0.25) is 0 Å². The first-order chi connectivity index (χ1) is 7.87. The van der Waals surface area contributed by atoms with E-state index >= 15 is 0 Å². The number of hydrogen-bond acceptors (Lipinski definition) is 2. The number of rotatable bonds is 1. The number of hydrogen-bond donors (Lipinski definition) is 1. The molecule has 1 heterocycles. The predicted octanol–water partition coefficient (Wildman–Crippen LogP) is 2.59. The van der Waals surface area contributed by atoms with Gasteiger partial charge < -0.3 is 10.0 Å². The molecule has 1 aliphatic rings. The molecular formula is C12H13Cl2NO2. The lowest BCUT2D eigenvalue weighted by molar-refractivity contribution is 0.0572. The van der Waals surface area contributed by atoms with Crippen molar-refractivity contribution >= 4 is 29.1 Å². The minimum Gasteiger partial charge on any atom is -0.388 e. The monoisotopic (exact) mass is 273 g/mol. The Morgan fingerprint density at radius 2 is 1.94 bits per heavy atom. The topological polar surface area (TPSA) is 40.5 Å². The third-order valence-corrected chi connectivity index (χ3v) is 3.28. The first-order valence-corrected chi connectivity index (χ1v) is 6.11. The smallest absolute Gasteiger partial charge is 0.254 e. The summed E-state index contributed by atoms with van der Waals surface area (Å²) < 4.78 is 0. The van der Waals surface area contributed by atoms with Gasteiger partial charge in [0.15, 0.2) is 0 Å². The van der Waals surface area contributed by atoms with Crippen molar-refractivity contribution in [2.75, 3.05) is 13.1 Å². The molecule has 1 fully saturated rings. The maximum Gasteiger partial charge on any atom is 0.254 e. The van der Waals surface area contributed by atoms with Gasteiger partial charge >= 0.3 is 0 Å². The number of halogens is 2. The van der Waals surface area contributed by atoms with Gasteiger partial charge in [-0.15, -0.1) is 0 Å². The molecule has 1 N–H and O–H groups in total. The zero-order valence-corrected chi connectivity index (χ0v) is 10.9. The van der Waals surface area contributed by atoms with Crippen LogP contribution in [0.5, 0.6) is 0 Å². The first-order valence-electron chi connectivity index (χ1n) is 5.35. The lowest BCUT2D eigenvalue weighted by atomic mass is 10.1. The average Bonchev–Trinajstić information content (AvgIpc) is 2.56. The molecule has 3 nitrogen and oxygen atoms in total. The van der Waals surface area contributed by atoms with Gasteiger partial charge in [0, 0.05) is 28.7 Å². The van der Waals surface area contributed by atoms with Crippen molar-refractivity contribution in [2.24, 2.45) is 0 Å². The summed E-state index contributed by atoms with van der Waals surface area (Å²) in [6, 6.07) is 4.76. The van der Waals surface area contributed by atoms with Gasteiger partial charge in [0.1, 0.15) is 0 Å². The molecular weight excluding hydrogens is 261 g/mol. The molecule has 0 aliphatic carbocycles. The fourth-order valence-corrected chi connectivity index (χ4v) is 2.50. The Hall–Kier alpha value is -0.770. The van der Waals surface area contributed by atoms with E-state index in [0.717, 1.165) is 0 Å². The summed E-state index contributed by atoms with van der Waals surface area (Å²) in [5.74, 6) is -0.146. The van der Waals surface area contributed by atoms with Gasteiger partial charge in [0.25, 0.3) is 5.91 Å². The SMILES string of the molecule is CC1(O)CCN(C(=O)c2cc(Cl)cc(Cl)c2)C1. The van der Waals surface area contributed by atoms with E-state index < -0.39 is 5.60 Å². The lowest BCUT2D eigenvalue weighted by Gasteiger charge is -2.19. The molecule has 1 aromatic rings. The molecule has 5 heteroatoms. The Bertz CT molecular complexity index is 440. The normalized spacial score (nSPS) is 24.1. The third kappa shape index (κ3) is 2.92. The van der Waals surface area contributed by atoms with E-state index in [1.165, 1.54) is 0 Å². The average molecular weight is 274 g/mol. The molecule has 17 heavy (non-hydrogen) atoms. The van der Waals surface area contributed by atoms with Gasteiger partial charge in [0.05, 0.1) is 5.60 Å². The van der Waals surface area contributed by atoms with Crippen molar-refractivity contribution in [2.45, 2.75) is 18.9 Å². The molecule has 0 aromatic heterocycles. The van der Waals surface area contributed by atoms with Crippen LogP contribution in [0.3, 0.4) is 0 Å². The van der Waals surface area contributed by atoms with Crippen LogP contribution in [0.15, 0.2) is 18.2 Å². The fourth-order valence-electron chi connectivity index (χ4n) is 1.98. The highest BCUT2D eigenvalue weighted by atomic mass is 35.5. The molecule has 0 saturated carbocycles. The van der Waals surface area contributed by atoms with Gasteiger partial charge in [-0.2, -0.15) is 0 Å². The van der Waals surface area contributed by atoms with Crippen LogP contribution in [0.25, 0.3) is 0 Å². The molecule has 1 atom stereocenters. The van der Waals surface area contributed by atoms with Crippen molar-refractivity contribution in [1.82, 2.24) is 4.90 Å². The summed E-state index contributed by atoms with van der Waals surface area (Å²) in [6.07, 6.45) is 0.590. The molecule has 92 valence electrons. The molecule has 0 radical (unpaired) electrons. The predicted molar refractivity (Wildman–Crippen MR) is 67.6 cm³/mol. The second kappa shape index (κ2) is 4.48. The number of nitrogens with zero attached hydrogens (tertiary/aromatic N) is 1. The van der Waals surface area contributed by atoms with Gasteiger partial charge in [-0.3, -0.25) is 4.79 Å². The molecule has 1 aromatic carbocycles. The van der Waals surface area contributed by atoms with Crippen molar-refractivity contribution in [3.8, 4) is 0 Å². The standard InChI is InChI=1S/C12H13Cl2NO2/c1-12(17)2-3-15(7-12)11(16)8-4-9(13)6-10(14)5-8/h4-6,17H,2-3,7H2,1H3. The second-order valence-corrected chi connectivity index (χ2v) is 5.50. The molecule has 2 rings (SSSR count). The maximum atomic E-state index is 12.1. The van der Waals surface area contributed by atoms with E-state index in [9.17, 15) is 9.90 Å². The minimum absolute atomic E-state index is 0.146. The number of carbonyl (C=O) groups is 1. The van der Waals surface area contributed by atoms with Crippen LogP contribution in [-0.2, 0) is 0 Å². The number of aliphatic hydroxyl groups is 1. The van der Waals surface area contributed by atoms with Gasteiger partial charge in [-0.05, 0) is 31.5 Å². The Morgan fingerprint density at radius 3 is 2.41 bits per heavy atom. The Kier molecular flexibility index (Phi) is 3.34. The molecule has 1 unspecified atom stereocenters. The number of carbonyl (C=O) groups excluding carboxylic acids is 1. The molecule has 1 amide bonds. The van der Waals surface area contributed by atoms with Crippen LogP contribution in [0.2, 0.25) is 10.0 Å². The summed E-state index contributed by atoms with van der Waals surface area (Å²) in [5.41, 5.74) is -0.335. The van der Waals surface area contributed by atoms with Gasteiger partial charge in [-0.1, -0.05) is 23.2 Å². The van der Waals surface area contributed by atoms with Crippen molar-refractivity contribution in [3.63, 3.8) is 0 Å². The summed E-state index contributed by atoms with van der Waals surface area (Å²) in [6.45, 7) is 2.62. The van der Waals surface area contributed by atoms with E-state index in [2.05, 4.69) is 0 Å². The largest absolute Gasteiger partial charge is 0.388 e. The van der Waals surface area contributed by atoms with E-state index in [-0.39, 0.29) is 5.91 Å². The number of amides is 1. The molecule has 1 aliphatic heterocycles. The number of benzene rings is 1. The van der Waals surface area contributed by atoms with E-state index in [0.29, 0.717) is 35.1 Å². The molecule has 0 bridgehead atoms. The second-order valence-electron chi connectivity index (χ2n) is 4.63.